The SMILES string of the molecule is CCN(Cc1cc(Br)ccc1F)C(=O)c1ccc(S(=O)(=O)N2CCNC(=O)C2)cc1. The fourth-order valence-corrected chi connectivity index (χ4v) is 4.92. The number of benzene rings is 2. The van der Waals surface area contributed by atoms with E-state index in [-0.39, 0.29) is 42.9 Å². The first-order chi connectivity index (χ1) is 14.2. The van der Waals surface area contributed by atoms with Gasteiger partial charge in [0.05, 0.1) is 11.4 Å². The van der Waals surface area contributed by atoms with E-state index >= 15 is 0 Å². The molecule has 2 aromatic rings. The van der Waals surface area contributed by atoms with Gasteiger partial charge in [-0.2, -0.15) is 4.31 Å². The van der Waals surface area contributed by atoms with Crippen molar-refractivity contribution in [2.75, 3.05) is 26.2 Å². The van der Waals surface area contributed by atoms with Crippen LogP contribution in [0.15, 0.2) is 51.8 Å². The molecule has 0 aromatic heterocycles. The van der Waals surface area contributed by atoms with Gasteiger partial charge in [-0.25, -0.2) is 12.8 Å². The molecule has 3 rings (SSSR count). The second kappa shape index (κ2) is 9.23. The number of hydrogen-bond donors (Lipinski definition) is 1. The summed E-state index contributed by atoms with van der Waals surface area (Å²) in [6, 6.07) is 10.1. The first kappa shape index (κ1) is 22.4. The monoisotopic (exact) mass is 497 g/mol. The molecule has 1 heterocycles. The van der Waals surface area contributed by atoms with Gasteiger partial charge in [-0.05, 0) is 49.4 Å². The summed E-state index contributed by atoms with van der Waals surface area (Å²) in [6.07, 6.45) is 0. The minimum absolute atomic E-state index is 0.00910. The van der Waals surface area contributed by atoms with Crippen LogP contribution in [-0.4, -0.2) is 55.6 Å². The first-order valence-corrected chi connectivity index (χ1v) is 11.6. The van der Waals surface area contributed by atoms with Crippen LogP contribution in [0.25, 0.3) is 0 Å². The lowest BCUT2D eigenvalue weighted by atomic mass is 10.1. The molecule has 0 spiro atoms. The molecule has 1 saturated heterocycles. The topological polar surface area (TPSA) is 86.8 Å². The summed E-state index contributed by atoms with van der Waals surface area (Å²) >= 11 is 3.30. The zero-order valence-electron chi connectivity index (χ0n) is 16.3. The molecule has 30 heavy (non-hydrogen) atoms. The zero-order valence-corrected chi connectivity index (χ0v) is 18.7. The third kappa shape index (κ3) is 4.88. The molecule has 1 aliphatic rings. The Morgan fingerprint density at radius 3 is 2.57 bits per heavy atom. The van der Waals surface area contributed by atoms with Crippen molar-refractivity contribution in [3.8, 4) is 0 Å². The highest BCUT2D eigenvalue weighted by Crippen LogP contribution is 2.20. The van der Waals surface area contributed by atoms with Crippen LogP contribution in [0, 0.1) is 5.82 Å². The Bertz CT molecular complexity index is 1060. The van der Waals surface area contributed by atoms with Crippen molar-refractivity contribution in [2.45, 2.75) is 18.4 Å². The molecular weight excluding hydrogens is 477 g/mol. The Balaban J connectivity index is 1.78. The Morgan fingerprint density at radius 1 is 1.23 bits per heavy atom. The van der Waals surface area contributed by atoms with Gasteiger partial charge in [-0.15, -0.1) is 0 Å². The number of halogens is 2. The number of sulfonamides is 1. The van der Waals surface area contributed by atoms with Crippen molar-refractivity contribution in [1.82, 2.24) is 14.5 Å². The maximum atomic E-state index is 14.1. The van der Waals surface area contributed by atoms with Gasteiger partial charge in [0.1, 0.15) is 5.82 Å². The van der Waals surface area contributed by atoms with Crippen LogP contribution in [-0.2, 0) is 21.4 Å². The Labute approximate surface area is 183 Å². The van der Waals surface area contributed by atoms with E-state index in [1.807, 2.05) is 0 Å². The summed E-state index contributed by atoms with van der Waals surface area (Å²) in [5.41, 5.74) is 0.671. The van der Waals surface area contributed by atoms with Crippen LogP contribution in [0.2, 0.25) is 0 Å². The predicted molar refractivity (Wildman–Crippen MR) is 113 cm³/mol. The van der Waals surface area contributed by atoms with Gasteiger partial charge in [0.2, 0.25) is 15.9 Å². The molecule has 0 unspecified atom stereocenters. The predicted octanol–water partition coefficient (Wildman–Crippen LogP) is 2.37. The van der Waals surface area contributed by atoms with Gasteiger partial charge in [-0.1, -0.05) is 15.9 Å². The first-order valence-electron chi connectivity index (χ1n) is 9.32. The van der Waals surface area contributed by atoms with Crippen molar-refractivity contribution in [3.05, 3.63) is 63.9 Å². The number of rotatable bonds is 6. The molecule has 1 aliphatic heterocycles. The molecule has 1 fully saturated rings. The minimum atomic E-state index is -3.83. The van der Waals surface area contributed by atoms with E-state index in [2.05, 4.69) is 21.2 Å². The molecule has 1 N–H and O–H groups in total. The van der Waals surface area contributed by atoms with Crippen LogP contribution in [0.5, 0.6) is 0 Å². The summed E-state index contributed by atoms with van der Waals surface area (Å²) < 4.78 is 41.3. The fourth-order valence-electron chi connectivity index (χ4n) is 3.12. The molecule has 0 saturated carbocycles. The van der Waals surface area contributed by atoms with Gasteiger partial charge in [-0.3, -0.25) is 9.59 Å². The second-order valence-corrected chi connectivity index (χ2v) is 9.62. The quantitative estimate of drug-likeness (QED) is 0.663. The average molecular weight is 498 g/mol. The lowest BCUT2D eigenvalue weighted by molar-refractivity contribution is -0.122. The fraction of sp³-hybridized carbons (Fsp3) is 0.300. The van der Waals surface area contributed by atoms with E-state index in [1.165, 1.54) is 35.2 Å². The van der Waals surface area contributed by atoms with Gasteiger partial charge in [0, 0.05) is 41.8 Å². The molecule has 0 radical (unpaired) electrons. The van der Waals surface area contributed by atoms with E-state index in [4.69, 9.17) is 0 Å². The number of carbonyl (C=O) groups is 2. The lowest BCUT2D eigenvalue weighted by Crippen LogP contribution is -2.49. The van der Waals surface area contributed by atoms with Crippen LogP contribution >= 0.6 is 15.9 Å². The van der Waals surface area contributed by atoms with Crippen LogP contribution in [0.3, 0.4) is 0 Å². The summed E-state index contributed by atoms with van der Waals surface area (Å²) in [5.74, 6) is -1.09. The normalized spacial score (nSPS) is 15.0. The maximum Gasteiger partial charge on any atom is 0.254 e. The van der Waals surface area contributed by atoms with Crippen molar-refractivity contribution in [3.63, 3.8) is 0 Å². The van der Waals surface area contributed by atoms with Crippen LogP contribution in [0.1, 0.15) is 22.8 Å². The van der Waals surface area contributed by atoms with E-state index in [1.54, 1.807) is 19.1 Å². The summed E-state index contributed by atoms with van der Waals surface area (Å²) in [7, 11) is -3.83. The molecule has 0 aliphatic carbocycles. The van der Waals surface area contributed by atoms with Crippen molar-refractivity contribution in [2.24, 2.45) is 0 Å². The van der Waals surface area contributed by atoms with Crippen molar-refractivity contribution >= 4 is 37.8 Å². The number of nitrogens with zero attached hydrogens (tertiary/aromatic N) is 2. The highest BCUT2D eigenvalue weighted by Gasteiger charge is 2.29. The summed E-state index contributed by atoms with van der Waals surface area (Å²) in [6.45, 7) is 2.44. The second-order valence-electron chi connectivity index (χ2n) is 6.77. The van der Waals surface area contributed by atoms with Gasteiger partial charge in [0.25, 0.3) is 5.91 Å². The molecule has 2 aromatic carbocycles. The lowest BCUT2D eigenvalue weighted by Gasteiger charge is -2.26. The molecule has 0 atom stereocenters. The highest BCUT2D eigenvalue weighted by atomic mass is 79.9. The van der Waals surface area contributed by atoms with Gasteiger partial charge >= 0.3 is 0 Å². The number of piperazine rings is 1. The highest BCUT2D eigenvalue weighted by molar-refractivity contribution is 9.10. The third-order valence-electron chi connectivity index (χ3n) is 4.78. The van der Waals surface area contributed by atoms with Crippen LogP contribution < -0.4 is 5.32 Å². The van der Waals surface area contributed by atoms with E-state index in [0.717, 1.165) is 4.31 Å². The van der Waals surface area contributed by atoms with E-state index in [0.29, 0.717) is 22.1 Å². The molecular formula is C20H21BrFN3O4S. The average Bonchev–Trinajstić information content (AvgIpc) is 2.74. The Hall–Kier alpha value is -2.30. The van der Waals surface area contributed by atoms with Crippen molar-refractivity contribution in [1.29, 1.82) is 0 Å². The third-order valence-corrected chi connectivity index (χ3v) is 7.13. The number of amides is 2. The molecule has 2 amide bonds. The Morgan fingerprint density at radius 2 is 1.93 bits per heavy atom. The smallest absolute Gasteiger partial charge is 0.254 e. The number of carbonyl (C=O) groups excluding carboxylic acids is 2. The Kier molecular flexibility index (Phi) is 6.89. The number of hydrogen-bond acceptors (Lipinski definition) is 4. The van der Waals surface area contributed by atoms with Crippen molar-refractivity contribution < 1.29 is 22.4 Å². The van der Waals surface area contributed by atoms with Crippen LogP contribution in [0.4, 0.5) is 4.39 Å². The summed E-state index contributed by atoms with van der Waals surface area (Å²) in [4.78, 5) is 25.8. The van der Waals surface area contributed by atoms with E-state index in [9.17, 15) is 22.4 Å². The molecule has 0 bridgehead atoms. The zero-order chi connectivity index (χ0) is 21.9. The van der Waals surface area contributed by atoms with Gasteiger partial charge in [0.15, 0.2) is 0 Å². The number of nitrogens with one attached hydrogen (secondary N) is 1. The maximum absolute atomic E-state index is 14.1. The largest absolute Gasteiger partial charge is 0.354 e. The standard InChI is InChI=1S/C20H21BrFN3O4S/c1-2-24(12-15-11-16(21)5-8-18(15)22)20(27)14-3-6-17(7-4-14)30(28,29)25-10-9-23-19(26)13-25/h3-8,11H,2,9-10,12-13H2,1H3,(H,23,26). The molecule has 160 valence electrons. The summed E-state index contributed by atoms with van der Waals surface area (Å²) in [5, 5.41) is 2.58. The van der Waals surface area contributed by atoms with E-state index < -0.39 is 15.8 Å². The molecule has 10 heteroatoms. The minimum Gasteiger partial charge on any atom is -0.354 e. The van der Waals surface area contributed by atoms with Gasteiger partial charge < -0.3 is 10.2 Å². The molecule has 7 nitrogen and oxygen atoms in total.